The molecule has 0 saturated heterocycles. The van der Waals surface area contributed by atoms with E-state index in [1.165, 1.54) is 18.2 Å². The summed E-state index contributed by atoms with van der Waals surface area (Å²) in [6.45, 7) is 1.59. The second-order valence-corrected chi connectivity index (χ2v) is 3.88. The van der Waals surface area contributed by atoms with Gasteiger partial charge in [0.15, 0.2) is 12.4 Å². The van der Waals surface area contributed by atoms with E-state index in [2.05, 4.69) is 5.32 Å². The van der Waals surface area contributed by atoms with E-state index < -0.39 is 16.9 Å². The van der Waals surface area contributed by atoms with Gasteiger partial charge in [-0.1, -0.05) is 19.1 Å². The maximum absolute atomic E-state index is 11.4. The number of ether oxygens (including phenoxy) is 1. The van der Waals surface area contributed by atoms with E-state index >= 15 is 0 Å². The van der Waals surface area contributed by atoms with Gasteiger partial charge in [-0.05, 0) is 12.5 Å². The Bertz CT molecular complexity index is 450. The van der Waals surface area contributed by atoms with Gasteiger partial charge in [-0.25, -0.2) is 0 Å². The van der Waals surface area contributed by atoms with Crippen LogP contribution in [0.3, 0.4) is 0 Å². The van der Waals surface area contributed by atoms with Gasteiger partial charge in [0.1, 0.15) is 0 Å². The molecule has 1 atom stereocenters. The van der Waals surface area contributed by atoms with Crippen molar-refractivity contribution in [1.29, 1.82) is 0 Å². The zero-order valence-electron chi connectivity index (χ0n) is 10.5. The predicted molar refractivity (Wildman–Crippen MR) is 67.9 cm³/mol. The van der Waals surface area contributed by atoms with Gasteiger partial charge in [-0.3, -0.25) is 14.9 Å². The van der Waals surface area contributed by atoms with Gasteiger partial charge in [-0.2, -0.15) is 0 Å². The molecule has 7 nitrogen and oxygen atoms in total. The number of carbonyl (C=O) groups excluding carboxylic acids is 1. The van der Waals surface area contributed by atoms with E-state index in [-0.39, 0.29) is 24.6 Å². The molecule has 1 rings (SSSR count). The number of hydrogen-bond acceptors (Lipinski definition) is 5. The molecule has 2 N–H and O–H groups in total. The number of hydrogen-bond donors (Lipinski definition) is 2. The molecule has 1 aromatic rings. The fraction of sp³-hybridized carbons (Fsp3) is 0.417. The number of aliphatic hydroxyl groups excluding tert-OH is 1. The monoisotopic (exact) mass is 268 g/mol. The standard InChI is InChI=1S/C12H16N2O5/c1-2-9(15)7-13-12(16)8-19-11-6-4-3-5-10(11)14(17)18/h3-6,9,15H,2,7-8H2,1H3,(H,13,16). The van der Waals surface area contributed by atoms with Crippen LogP contribution >= 0.6 is 0 Å². The van der Waals surface area contributed by atoms with Gasteiger partial charge < -0.3 is 15.2 Å². The number of benzene rings is 1. The summed E-state index contributed by atoms with van der Waals surface area (Å²) in [5.41, 5.74) is -0.191. The maximum Gasteiger partial charge on any atom is 0.310 e. The molecule has 0 fully saturated rings. The van der Waals surface area contributed by atoms with Gasteiger partial charge in [0.25, 0.3) is 5.91 Å². The quantitative estimate of drug-likeness (QED) is 0.564. The van der Waals surface area contributed by atoms with Gasteiger partial charge in [0.05, 0.1) is 11.0 Å². The average Bonchev–Trinajstić information content (AvgIpc) is 2.42. The number of aliphatic hydroxyl groups is 1. The number of nitro benzene ring substituents is 1. The smallest absolute Gasteiger partial charge is 0.310 e. The molecule has 0 aromatic heterocycles. The van der Waals surface area contributed by atoms with Crippen molar-refractivity contribution < 1.29 is 19.6 Å². The number of carbonyl (C=O) groups is 1. The average molecular weight is 268 g/mol. The number of amides is 1. The predicted octanol–water partition coefficient (Wildman–Crippen LogP) is 0.861. The molecular formula is C12H16N2O5. The van der Waals surface area contributed by atoms with Crippen LogP contribution in [-0.2, 0) is 4.79 Å². The molecule has 1 amide bonds. The van der Waals surface area contributed by atoms with Crippen LogP contribution in [0.4, 0.5) is 5.69 Å². The summed E-state index contributed by atoms with van der Waals surface area (Å²) in [4.78, 5) is 21.5. The van der Waals surface area contributed by atoms with Crippen LogP contribution < -0.4 is 10.1 Å². The molecule has 0 spiro atoms. The number of rotatable bonds is 7. The van der Waals surface area contributed by atoms with Crippen molar-refractivity contribution in [2.45, 2.75) is 19.4 Å². The Labute approximate surface area is 110 Å². The summed E-state index contributed by atoms with van der Waals surface area (Å²) >= 11 is 0. The largest absolute Gasteiger partial charge is 0.477 e. The molecule has 7 heteroatoms. The van der Waals surface area contributed by atoms with E-state index in [0.29, 0.717) is 6.42 Å². The third kappa shape index (κ3) is 4.92. The molecule has 1 unspecified atom stereocenters. The Morgan fingerprint density at radius 2 is 2.21 bits per heavy atom. The van der Waals surface area contributed by atoms with Crippen molar-refractivity contribution in [1.82, 2.24) is 5.32 Å². The maximum atomic E-state index is 11.4. The highest BCUT2D eigenvalue weighted by Crippen LogP contribution is 2.25. The molecule has 19 heavy (non-hydrogen) atoms. The molecule has 0 heterocycles. The highest BCUT2D eigenvalue weighted by molar-refractivity contribution is 5.77. The highest BCUT2D eigenvalue weighted by Gasteiger charge is 2.15. The molecule has 1 aromatic carbocycles. The fourth-order valence-electron chi connectivity index (χ4n) is 1.30. The van der Waals surface area contributed by atoms with Gasteiger partial charge >= 0.3 is 5.69 Å². The van der Waals surface area contributed by atoms with Crippen molar-refractivity contribution in [3.8, 4) is 5.75 Å². The second kappa shape index (κ2) is 7.32. The van der Waals surface area contributed by atoms with Crippen LogP contribution in [0.2, 0.25) is 0 Å². The van der Waals surface area contributed by atoms with Crippen LogP contribution in [0.1, 0.15) is 13.3 Å². The van der Waals surface area contributed by atoms with E-state index in [0.717, 1.165) is 0 Å². The summed E-state index contributed by atoms with van der Waals surface area (Å²) in [5.74, 6) is -0.399. The van der Waals surface area contributed by atoms with Crippen molar-refractivity contribution >= 4 is 11.6 Å². The van der Waals surface area contributed by atoms with Crippen molar-refractivity contribution in [3.05, 3.63) is 34.4 Å². The third-order valence-corrected chi connectivity index (χ3v) is 2.43. The van der Waals surface area contributed by atoms with Crippen LogP contribution in [0.15, 0.2) is 24.3 Å². The van der Waals surface area contributed by atoms with Crippen LogP contribution in [-0.4, -0.2) is 35.2 Å². The Balaban J connectivity index is 2.48. The molecule has 0 radical (unpaired) electrons. The zero-order valence-corrected chi connectivity index (χ0v) is 10.5. The van der Waals surface area contributed by atoms with Gasteiger partial charge in [-0.15, -0.1) is 0 Å². The number of nitro groups is 1. The van der Waals surface area contributed by atoms with E-state index in [1.54, 1.807) is 13.0 Å². The van der Waals surface area contributed by atoms with Crippen LogP contribution in [0.25, 0.3) is 0 Å². The normalized spacial score (nSPS) is 11.7. The lowest BCUT2D eigenvalue weighted by Crippen LogP contribution is -2.35. The molecule has 0 saturated carbocycles. The number of para-hydroxylation sites is 2. The lowest BCUT2D eigenvalue weighted by Gasteiger charge is -2.10. The summed E-state index contributed by atoms with van der Waals surface area (Å²) in [6.07, 6.45) is -0.0688. The molecule has 0 aliphatic heterocycles. The van der Waals surface area contributed by atoms with Crippen molar-refractivity contribution in [2.75, 3.05) is 13.2 Å². The zero-order chi connectivity index (χ0) is 14.3. The van der Waals surface area contributed by atoms with Crippen LogP contribution in [0, 0.1) is 10.1 Å². The minimum atomic E-state index is -0.602. The lowest BCUT2D eigenvalue weighted by atomic mass is 10.3. The Hall–Kier alpha value is -2.15. The molecule has 0 bridgehead atoms. The molecule has 0 aliphatic rings. The first-order valence-corrected chi connectivity index (χ1v) is 5.85. The molecule has 104 valence electrons. The van der Waals surface area contributed by atoms with Gasteiger partial charge in [0.2, 0.25) is 0 Å². The summed E-state index contributed by atoms with van der Waals surface area (Å²) in [5, 5.41) is 22.4. The first-order valence-electron chi connectivity index (χ1n) is 5.85. The molecule has 0 aliphatic carbocycles. The SMILES string of the molecule is CCC(O)CNC(=O)COc1ccccc1[N+](=O)[O-]. The number of nitrogens with zero attached hydrogens (tertiary/aromatic N) is 1. The van der Waals surface area contributed by atoms with Gasteiger partial charge in [0, 0.05) is 12.6 Å². The summed E-state index contributed by atoms with van der Waals surface area (Å²) < 4.78 is 5.09. The Kier molecular flexibility index (Phi) is 5.74. The summed E-state index contributed by atoms with van der Waals surface area (Å²) in [7, 11) is 0. The first kappa shape index (κ1) is 14.9. The highest BCUT2D eigenvalue weighted by atomic mass is 16.6. The van der Waals surface area contributed by atoms with E-state index in [1.807, 2.05) is 0 Å². The van der Waals surface area contributed by atoms with E-state index in [4.69, 9.17) is 4.74 Å². The fourth-order valence-corrected chi connectivity index (χ4v) is 1.30. The van der Waals surface area contributed by atoms with E-state index in [9.17, 15) is 20.0 Å². The minimum Gasteiger partial charge on any atom is -0.477 e. The lowest BCUT2D eigenvalue weighted by molar-refractivity contribution is -0.385. The molecular weight excluding hydrogens is 252 g/mol. The number of nitrogens with one attached hydrogen (secondary N) is 1. The third-order valence-electron chi connectivity index (χ3n) is 2.43. The Morgan fingerprint density at radius 1 is 1.53 bits per heavy atom. The minimum absolute atomic E-state index is 0.0405. The summed E-state index contributed by atoms with van der Waals surface area (Å²) in [6, 6.07) is 5.82. The topological polar surface area (TPSA) is 102 Å². The van der Waals surface area contributed by atoms with Crippen molar-refractivity contribution in [2.24, 2.45) is 0 Å². The first-order chi connectivity index (χ1) is 9.04. The Morgan fingerprint density at radius 3 is 2.84 bits per heavy atom. The van der Waals surface area contributed by atoms with Crippen molar-refractivity contribution in [3.63, 3.8) is 0 Å². The second-order valence-electron chi connectivity index (χ2n) is 3.88. The van der Waals surface area contributed by atoms with Crippen LogP contribution in [0.5, 0.6) is 5.75 Å².